The molecule has 1 atom stereocenters. The first-order valence-corrected chi connectivity index (χ1v) is 6.87. The largest absolute Gasteiger partial charge is 0.344 e. The molecule has 0 aliphatic carbocycles. The van der Waals surface area contributed by atoms with Crippen molar-refractivity contribution in [3.63, 3.8) is 0 Å². The quantitative estimate of drug-likeness (QED) is 0.566. The fourth-order valence-corrected chi connectivity index (χ4v) is 3.30. The van der Waals surface area contributed by atoms with Crippen LogP contribution in [0.4, 0.5) is 0 Å². The summed E-state index contributed by atoms with van der Waals surface area (Å²) >= 11 is 6.33. The number of carbonyl (C=O) groups excluding carboxylic acids is 1. The van der Waals surface area contributed by atoms with Gasteiger partial charge in [0.2, 0.25) is 0 Å². The van der Waals surface area contributed by atoms with Gasteiger partial charge < -0.3 is 4.57 Å². The Kier molecular flexibility index (Phi) is 2.90. The van der Waals surface area contributed by atoms with E-state index < -0.39 is 0 Å². The number of hydrogen-bond acceptors (Lipinski definition) is 1. The minimum atomic E-state index is 0.144. The summed E-state index contributed by atoms with van der Waals surface area (Å²) in [6.07, 6.45) is 2.90. The maximum Gasteiger partial charge on any atom is 0.162 e. The highest BCUT2D eigenvalue weighted by Crippen LogP contribution is 2.31. The Morgan fingerprint density at radius 2 is 2.17 bits per heavy atom. The molecule has 0 bridgehead atoms. The van der Waals surface area contributed by atoms with E-state index in [1.807, 2.05) is 18.2 Å². The molecular formula is C15H16ClNO. The molecule has 1 unspecified atom stereocenters. The number of para-hydroxylation sites is 1. The minimum Gasteiger partial charge on any atom is -0.344 e. The molecule has 3 rings (SSSR count). The van der Waals surface area contributed by atoms with E-state index in [1.54, 1.807) is 6.92 Å². The van der Waals surface area contributed by atoms with E-state index in [0.29, 0.717) is 0 Å². The van der Waals surface area contributed by atoms with Gasteiger partial charge in [0.05, 0.1) is 0 Å². The summed E-state index contributed by atoms with van der Waals surface area (Å²) in [6, 6.07) is 8.16. The van der Waals surface area contributed by atoms with Crippen LogP contribution in [0.15, 0.2) is 24.3 Å². The lowest BCUT2D eigenvalue weighted by atomic mass is 10.0. The van der Waals surface area contributed by atoms with Gasteiger partial charge >= 0.3 is 0 Å². The van der Waals surface area contributed by atoms with E-state index >= 15 is 0 Å². The highest BCUT2D eigenvalue weighted by molar-refractivity contribution is 6.21. The monoisotopic (exact) mass is 261 g/mol. The molecular weight excluding hydrogens is 246 g/mol. The van der Waals surface area contributed by atoms with Crippen molar-refractivity contribution in [2.75, 3.05) is 0 Å². The van der Waals surface area contributed by atoms with Crippen molar-refractivity contribution in [2.24, 2.45) is 0 Å². The van der Waals surface area contributed by atoms with Crippen molar-refractivity contribution in [3.8, 4) is 0 Å². The average Bonchev–Trinajstić information content (AvgIpc) is 2.51. The maximum atomic E-state index is 12.0. The number of nitrogens with zero attached hydrogens (tertiary/aromatic N) is 1. The number of fused-ring (bicyclic) bond motifs is 3. The summed E-state index contributed by atoms with van der Waals surface area (Å²) in [4.78, 5) is 12.0. The number of rotatable bonds is 1. The fourth-order valence-electron chi connectivity index (χ4n) is 3.00. The van der Waals surface area contributed by atoms with Gasteiger partial charge in [-0.3, -0.25) is 4.79 Å². The summed E-state index contributed by atoms with van der Waals surface area (Å²) < 4.78 is 2.29. The smallest absolute Gasteiger partial charge is 0.162 e. The molecule has 1 aromatic heterocycles. The van der Waals surface area contributed by atoms with Gasteiger partial charge in [-0.2, -0.15) is 0 Å². The molecule has 0 saturated carbocycles. The first kappa shape index (κ1) is 11.8. The van der Waals surface area contributed by atoms with Crippen molar-refractivity contribution < 1.29 is 4.79 Å². The lowest BCUT2D eigenvalue weighted by Gasteiger charge is -2.07. The average molecular weight is 262 g/mol. The molecule has 2 heterocycles. The Morgan fingerprint density at radius 3 is 2.94 bits per heavy atom. The van der Waals surface area contributed by atoms with Crippen LogP contribution in [0.5, 0.6) is 0 Å². The first-order valence-electron chi connectivity index (χ1n) is 6.43. The third kappa shape index (κ3) is 1.76. The molecule has 1 aromatic carbocycles. The second kappa shape index (κ2) is 4.43. The molecule has 2 nitrogen and oxygen atoms in total. The lowest BCUT2D eigenvalue weighted by molar-refractivity contribution is 0.101. The Balaban J connectivity index is 2.33. The second-order valence-electron chi connectivity index (χ2n) is 4.99. The molecule has 0 N–H and O–H groups in total. The van der Waals surface area contributed by atoms with Crippen LogP contribution in [0.2, 0.25) is 0 Å². The van der Waals surface area contributed by atoms with Crippen molar-refractivity contribution in [2.45, 2.75) is 38.1 Å². The zero-order valence-corrected chi connectivity index (χ0v) is 11.2. The van der Waals surface area contributed by atoms with Crippen LogP contribution in [0, 0.1) is 0 Å². The van der Waals surface area contributed by atoms with Crippen molar-refractivity contribution >= 4 is 28.3 Å². The molecule has 1 aliphatic rings. The molecule has 3 heteroatoms. The van der Waals surface area contributed by atoms with E-state index in [4.69, 9.17) is 11.6 Å². The van der Waals surface area contributed by atoms with Crippen LogP contribution < -0.4 is 0 Å². The van der Waals surface area contributed by atoms with Crippen LogP contribution in [0.3, 0.4) is 0 Å². The maximum absolute atomic E-state index is 12.0. The lowest BCUT2D eigenvalue weighted by Crippen LogP contribution is -2.07. The summed E-state index contributed by atoms with van der Waals surface area (Å²) in [7, 11) is 0. The number of carbonyl (C=O) groups is 1. The minimum absolute atomic E-state index is 0.144. The highest BCUT2D eigenvalue weighted by atomic mass is 35.5. The molecule has 0 amide bonds. The zero-order valence-electron chi connectivity index (χ0n) is 10.4. The molecule has 94 valence electrons. The Bertz CT molecular complexity index is 614. The number of hydrogen-bond donors (Lipinski definition) is 0. The number of alkyl halides is 1. The Labute approximate surface area is 112 Å². The van der Waals surface area contributed by atoms with Gasteiger partial charge in [-0.1, -0.05) is 18.2 Å². The van der Waals surface area contributed by atoms with Crippen LogP contribution >= 0.6 is 11.6 Å². The number of Topliss-reactive ketones (excluding diaryl/α,β-unsaturated/α-hetero) is 1. The number of halogens is 1. The number of aromatic nitrogens is 1. The summed E-state index contributed by atoms with van der Waals surface area (Å²) in [5, 5.41) is 1.22. The van der Waals surface area contributed by atoms with Crippen molar-refractivity contribution in [1.29, 1.82) is 0 Å². The Hall–Kier alpha value is -1.28. The SMILES string of the molecule is CC(=O)c1c2n(c3ccccc13)CCCC(Cl)C2. The van der Waals surface area contributed by atoms with Crippen LogP contribution in [0.1, 0.15) is 35.8 Å². The summed E-state index contributed by atoms with van der Waals surface area (Å²) in [5.74, 6) is 0.144. The van der Waals surface area contributed by atoms with E-state index in [1.165, 1.54) is 5.52 Å². The predicted octanol–water partition coefficient (Wildman–Crippen LogP) is 3.79. The fraction of sp³-hybridized carbons (Fsp3) is 0.400. The van der Waals surface area contributed by atoms with Crippen molar-refractivity contribution in [3.05, 3.63) is 35.5 Å². The highest BCUT2D eigenvalue weighted by Gasteiger charge is 2.23. The zero-order chi connectivity index (χ0) is 12.7. The predicted molar refractivity (Wildman–Crippen MR) is 74.5 cm³/mol. The number of aryl methyl sites for hydroxylation is 1. The first-order chi connectivity index (χ1) is 8.68. The molecule has 18 heavy (non-hydrogen) atoms. The standard InChI is InChI=1S/C15H16ClNO/c1-10(18)15-12-6-2-3-7-13(12)17-8-4-5-11(16)9-14(15)17/h2-3,6-7,11H,4-5,8-9H2,1H3. The number of benzene rings is 1. The van der Waals surface area contributed by atoms with Crippen molar-refractivity contribution in [1.82, 2.24) is 4.57 Å². The van der Waals surface area contributed by atoms with Gasteiger partial charge in [-0.05, 0) is 25.8 Å². The molecule has 0 fully saturated rings. The van der Waals surface area contributed by atoms with Gasteiger partial charge in [0.25, 0.3) is 0 Å². The third-order valence-electron chi connectivity index (χ3n) is 3.74. The van der Waals surface area contributed by atoms with Gasteiger partial charge in [0.15, 0.2) is 5.78 Å². The van der Waals surface area contributed by atoms with Gasteiger partial charge in [-0.25, -0.2) is 0 Å². The van der Waals surface area contributed by atoms with E-state index in [-0.39, 0.29) is 11.2 Å². The van der Waals surface area contributed by atoms with Gasteiger partial charge in [0, 0.05) is 40.5 Å². The van der Waals surface area contributed by atoms with Crippen LogP contribution in [-0.2, 0) is 13.0 Å². The second-order valence-corrected chi connectivity index (χ2v) is 5.61. The van der Waals surface area contributed by atoms with Crippen LogP contribution in [0.25, 0.3) is 10.9 Å². The molecule has 1 aliphatic heterocycles. The van der Waals surface area contributed by atoms with E-state index in [9.17, 15) is 4.79 Å². The molecule has 0 spiro atoms. The summed E-state index contributed by atoms with van der Waals surface area (Å²) in [5.41, 5.74) is 3.17. The van der Waals surface area contributed by atoms with E-state index in [0.717, 1.165) is 42.5 Å². The van der Waals surface area contributed by atoms with Crippen LogP contribution in [-0.4, -0.2) is 15.7 Å². The molecule has 2 aromatic rings. The van der Waals surface area contributed by atoms with Gasteiger partial charge in [0.1, 0.15) is 0 Å². The van der Waals surface area contributed by atoms with Gasteiger partial charge in [-0.15, -0.1) is 11.6 Å². The molecule has 0 saturated heterocycles. The normalized spacial score (nSPS) is 19.6. The number of ketones is 1. The Morgan fingerprint density at radius 1 is 1.39 bits per heavy atom. The molecule has 0 radical (unpaired) electrons. The topological polar surface area (TPSA) is 22.0 Å². The third-order valence-corrected chi connectivity index (χ3v) is 4.12. The van der Waals surface area contributed by atoms with E-state index in [2.05, 4.69) is 10.6 Å². The summed E-state index contributed by atoms with van der Waals surface area (Å²) in [6.45, 7) is 2.61.